The second kappa shape index (κ2) is 10.6. The molecule has 3 aromatic carbocycles. The molecule has 5 heteroatoms. The van der Waals surface area contributed by atoms with E-state index in [1.165, 1.54) is 0 Å². The van der Waals surface area contributed by atoms with Gasteiger partial charge in [-0.2, -0.15) is 0 Å². The summed E-state index contributed by atoms with van der Waals surface area (Å²) in [5.74, 6) is -0.127. The number of hydrogen-bond donors (Lipinski definition) is 0. The summed E-state index contributed by atoms with van der Waals surface area (Å²) in [7, 11) is -3.09. The SMILES string of the molecule is Cc1cccc(Cl)c1C(=O)[PH](=O)c1c(C(C)(C)C)cc(C(C)(C)C)c(C(=O)c2ccccc2)c1C(C)(C)C. The van der Waals surface area contributed by atoms with Gasteiger partial charge in [0.05, 0.1) is 5.02 Å². The van der Waals surface area contributed by atoms with Crippen LogP contribution in [-0.2, 0) is 20.8 Å². The molecule has 3 nitrogen and oxygen atoms in total. The molecule has 1 atom stereocenters. The molecule has 0 spiro atoms. The van der Waals surface area contributed by atoms with Crippen molar-refractivity contribution in [1.29, 1.82) is 0 Å². The monoisotopic (exact) mass is 550 g/mol. The third kappa shape index (κ3) is 5.90. The number of ketones is 1. The van der Waals surface area contributed by atoms with Crippen LogP contribution in [0.1, 0.15) is 111 Å². The van der Waals surface area contributed by atoms with Crippen LogP contribution in [0.2, 0.25) is 5.02 Å². The van der Waals surface area contributed by atoms with E-state index in [-0.39, 0.29) is 21.8 Å². The molecule has 0 heterocycles. The second-order valence-electron chi connectivity index (χ2n) is 13.1. The number of carbonyl (C=O) groups is 2. The molecule has 0 aliphatic carbocycles. The minimum Gasteiger partial charge on any atom is -0.313 e. The highest BCUT2D eigenvalue weighted by atomic mass is 35.5. The molecule has 0 amide bonds. The fourth-order valence-corrected chi connectivity index (χ4v) is 7.56. The molecule has 0 fully saturated rings. The third-order valence-corrected chi connectivity index (χ3v) is 8.79. The lowest BCUT2D eigenvalue weighted by molar-refractivity contribution is 0.103. The predicted molar refractivity (Wildman–Crippen MR) is 162 cm³/mol. The van der Waals surface area contributed by atoms with Crippen molar-refractivity contribution in [2.45, 2.75) is 85.5 Å². The van der Waals surface area contributed by atoms with E-state index in [9.17, 15) is 14.2 Å². The van der Waals surface area contributed by atoms with Crippen molar-refractivity contribution < 1.29 is 14.2 Å². The Labute approximate surface area is 233 Å². The van der Waals surface area contributed by atoms with Crippen LogP contribution in [0.3, 0.4) is 0 Å². The fraction of sp³-hybridized carbons (Fsp3) is 0.394. The Hall–Kier alpha value is -2.48. The van der Waals surface area contributed by atoms with Crippen LogP contribution in [0.5, 0.6) is 0 Å². The highest BCUT2D eigenvalue weighted by molar-refractivity contribution is 7.71. The maximum absolute atomic E-state index is 14.5. The number of halogens is 1. The lowest BCUT2D eigenvalue weighted by Crippen LogP contribution is -2.35. The van der Waals surface area contributed by atoms with Crippen LogP contribution in [-0.4, -0.2) is 11.3 Å². The van der Waals surface area contributed by atoms with Crippen LogP contribution >= 0.6 is 19.4 Å². The van der Waals surface area contributed by atoms with Gasteiger partial charge in [0.15, 0.2) is 13.6 Å². The van der Waals surface area contributed by atoms with E-state index in [2.05, 4.69) is 41.5 Å². The first-order valence-electron chi connectivity index (χ1n) is 13.0. The largest absolute Gasteiger partial charge is 0.313 e. The highest BCUT2D eigenvalue weighted by Gasteiger charge is 2.39. The minimum atomic E-state index is -3.09. The Kier molecular flexibility index (Phi) is 8.38. The Morgan fingerprint density at radius 3 is 1.74 bits per heavy atom. The quantitative estimate of drug-likeness (QED) is 0.235. The summed E-state index contributed by atoms with van der Waals surface area (Å²) in [6.45, 7) is 20.3. The van der Waals surface area contributed by atoms with Gasteiger partial charge in [0, 0.05) is 22.0 Å². The predicted octanol–water partition coefficient (Wildman–Crippen LogP) is 8.80. The molecule has 0 radical (unpaired) electrons. The number of carbonyl (C=O) groups excluding carboxylic acids is 2. The first kappa shape index (κ1) is 30.1. The molecule has 0 aliphatic rings. The van der Waals surface area contributed by atoms with Gasteiger partial charge in [-0.3, -0.25) is 9.59 Å². The van der Waals surface area contributed by atoms with Crippen molar-refractivity contribution in [3.63, 3.8) is 0 Å². The normalized spacial score (nSPS) is 13.3. The lowest BCUT2D eigenvalue weighted by Gasteiger charge is -2.36. The van der Waals surface area contributed by atoms with Crippen molar-refractivity contribution in [2.75, 3.05) is 0 Å². The number of rotatable bonds is 5. The van der Waals surface area contributed by atoms with Gasteiger partial charge in [0.2, 0.25) is 5.52 Å². The first-order valence-corrected chi connectivity index (χ1v) is 14.8. The van der Waals surface area contributed by atoms with E-state index >= 15 is 0 Å². The molecule has 0 saturated heterocycles. The molecular weight excluding hydrogens is 511 g/mol. The van der Waals surface area contributed by atoms with Crippen LogP contribution in [0.25, 0.3) is 0 Å². The van der Waals surface area contributed by atoms with E-state index in [1.807, 2.05) is 45.0 Å². The fourth-order valence-electron chi connectivity index (χ4n) is 4.97. The first-order chi connectivity index (χ1) is 17.4. The maximum Gasteiger partial charge on any atom is 0.224 e. The van der Waals surface area contributed by atoms with Crippen molar-refractivity contribution in [3.05, 3.63) is 98.6 Å². The molecule has 0 bridgehead atoms. The van der Waals surface area contributed by atoms with E-state index < -0.39 is 24.2 Å². The summed E-state index contributed by atoms with van der Waals surface area (Å²) in [5.41, 5.74) is 2.62. The molecule has 0 aliphatic heterocycles. The number of benzene rings is 3. The van der Waals surface area contributed by atoms with Crippen LogP contribution in [0, 0.1) is 6.92 Å². The second-order valence-corrected chi connectivity index (χ2v) is 15.2. The summed E-state index contributed by atoms with van der Waals surface area (Å²) in [5, 5.41) is 0.779. The Balaban J connectivity index is 2.55. The van der Waals surface area contributed by atoms with Crippen LogP contribution in [0.4, 0.5) is 0 Å². The maximum atomic E-state index is 14.5. The average molecular weight is 551 g/mol. The smallest absolute Gasteiger partial charge is 0.224 e. The van der Waals surface area contributed by atoms with E-state index in [0.717, 1.165) is 11.1 Å². The molecule has 0 aromatic heterocycles. The molecule has 3 aromatic rings. The third-order valence-electron chi connectivity index (χ3n) is 6.84. The van der Waals surface area contributed by atoms with E-state index in [4.69, 9.17) is 11.6 Å². The number of aryl methyl sites for hydroxylation is 1. The Bertz CT molecular complexity index is 1400. The Morgan fingerprint density at radius 1 is 0.711 bits per heavy atom. The molecule has 3 rings (SSSR count). The molecule has 1 unspecified atom stereocenters. The topological polar surface area (TPSA) is 51.2 Å². The van der Waals surface area contributed by atoms with Gasteiger partial charge in [0.1, 0.15) is 0 Å². The molecule has 38 heavy (non-hydrogen) atoms. The zero-order valence-corrected chi connectivity index (χ0v) is 26.1. The van der Waals surface area contributed by atoms with Gasteiger partial charge in [-0.1, -0.05) is 122 Å². The zero-order valence-electron chi connectivity index (χ0n) is 24.3. The molecule has 202 valence electrons. The van der Waals surface area contributed by atoms with Gasteiger partial charge in [-0.25, -0.2) is 0 Å². The average Bonchev–Trinajstić information content (AvgIpc) is 2.80. The van der Waals surface area contributed by atoms with Gasteiger partial charge in [-0.15, -0.1) is 0 Å². The molecule has 0 N–H and O–H groups in total. The van der Waals surface area contributed by atoms with Gasteiger partial charge in [0.25, 0.3) is 0 Å². The van der Waals surface area contributed by atoms with Gasteiger partial charge < -0.3 is 4.57 Å². The summed E-state index contributed by atoms with van der Waals surface area (Å²) in [6, 6.07) is 16.4. The summed E-state index contributed by atoms with van der Waals surface area (Å²) < 4.78 is 14.5. The van der Waals surface area contributed by atoms with Gasteiger partial charge >= 0.3 is 0 Å². The van der Waals surface area contributed by atoms with E-state index in [0.29, 0.717) is 27.6 Å². The zero-order chi connectivity index (χ0) is 28.8. The highest BCUT2D eigenvalue weighted by Crippen LogP contribution is 2.44. The molecular formula is C33H40ClO3P. The lowest BCUT2D eigenvalue weighted by atomic mass is 9.70. The van der Waals surface area contributed by atoms with Crippen molar-refractivity contribution in [1.82, 2.24) is 0 Å². The molecule has 0 saturated carbocycles. The van der Waals surface area contributed by atoms with Crippen molar-refractivity contribution >= 4 is 36.0 Å². The van der Waals surface area contributed by atoms with Crippen molar-refractivity contribution in [2.24, 2.45) is 0 Å². The standard InChI is InChI=1S/C33H40ClO3P/c1-20-15-14-18-24(34)25(20)30(36)38(37)29-23(32(5,6)7)19-22(31(2,3)4)26(27(29)33(8,9)10)28(35)21-16-12-11-13-17-21/h11-19,38H,1-10H3. The number of hydrogen-bond acceptors (Lipinski definition) is 3. The minimum absolute atomic E-state index is 0.127. The summed E-state index contributed by atoms with van der Waals surface area (Å²) >= 11 is 6.46. The Morgan fingerprint density at radius 2 is 1.26 bits per heavy atom. The van der Waals surface area contributed by atoms with Crippen LogP contribution < -0.4 is 5.30 Å². The summed E-state index contributed by atoms with van der Waals surface area (Å²) in [6.07, 6.45) is 0. The van der Waals surface area contributed by atoms with E-state index in [1.54, 1.807) is 37.3 Å². The van der Waals surface area contributed by atoms with Crippen LogP contribution in [0.15, 0.2) is 54.6 Å². The van der Waals surface area contributed by atoms with Crippen molar-refractivity contribution in [3.8, 4) is 0 Å². The summed E-state index contributed by atoms with van der Waals surface area (Å²) in [4.78, 5) is 28.2. The van der Waals surface area contributed by atoms with Gasteiger partial charge in [-0.05, 0) is 51.5 Å².